The van der Waals surface area contributed by atoms with Crippen molar-refractivity contribution in [3.05, 3.63) is 81.3 Å². The summed E-state index contributed by atoms with van der Waals surface area (Å²) in [6, 6.07) is 18.9. The summed E-state index contributed by atoms with van der Waals surface area (Å²) in [6.07, 6.45) is -0.227. The summed E-state index contributed by atoms with van der Waals surface area (Å²) in [5.74, 6) is -0.253. The number of carbonyl (C=O) groups excluding carboxylic acids is 1. The lowest BCUT2D eigenvalue weighted by molar-refractivity contribution is 0.0943. The van der Waals surface area contributed by atoms with Crippen molar-refractivity contribution in [3.63, 3.8) is 0 Å². The van der Waals surface area contributed by atoms with Crippen LogP contribution in [0.15, 0.2) is 65.1 Å². The van der Waals surface area contributed by atoms with Gasteiger partial charge in [-0.05, 0) is 41.0 Å². The van der Waals surface area contributed by atoms with Gasteiger partial charge < -0.3 is 10.4 Å². The molecule has 0 aliphatic carbocycles. The van der Waals surface area contributed by atoms with Crippen LogP contribution in [0.4, 0.5) is 0 Å². The SMILES string of the molecule is O=C(NCCC(O)c1cccc2ccccc12)c1cc(Br)ccc1Cl. The maximum absolute atomic E-state index is 12.3. The normalized spacial score (nSPS) is 12.1. The van der Waals surface area contributed by atoms with Gasteiger partial charge in [0.25, 0.3) is 5.91 Å². The summed E-state index contributed by atoms with van der Waals surface area (Å²) in [5.41, 5.74) is 1.28. The standard InChI is InChI=1S/C20H17BrClNO2/c21-14-8-9-18(22)17(12-14)20(25)23-11-10-19(24)16-7-3-5-13-4-1-2-6-15(13)16/h1-9,12,19,24H,10-11H2,(H,23,25). The molecule has 0 aromatic heterocycles. The quantitative estimate of drug-likeness (QED) is 0.605. The Morgan fingerprint density at radius 3 is 2.72 bits per heavy atom. The summed E-state index contributed by atoms with van der Waals surface area (Å²) >= 11 is 9.39. The van der Waals surface area contributed by atoms with Crippen molar-refractivity contribution in [2.24, 2.45) is 0 Å². The van der Waals surface area contributed by atoms with Gasteiger partial charge >= 0.3 is 0 Å². The number of aliphatic hydroxyl groups excluding tert-OH is 1. The maximum atomic E-state index is 12.3. The van der Waals surface area contributed by atoms with Crippen LogP contribution in [0.2, 0.25) is 5.02 Å². The van der Waals surface area contributed by atoms with Gasteiger partial charge in [-0.2, -0.15) is 0 Å². The molecule has 0 saturated heterocycles. The second kappa shape index (κ2) is 8.00. The number of rotatable bonds is 5. The molecule has 1 unspecified atom stereocenters. The highest BCUT2D eigenvalue weighted by Crippen LogP contribution is 2.26. The molecule has 2 N–H and O–H groups in total. The van der Waals surface area contributed by atoms with Gasteiger partial charge in [0, 0.05) is 11.0 Å². The molecule has 128 valence electrons. The monoisotopic (exact) mass is 417 g/mol. The molecule has 0 aliphatic rings. The molecule has 3 aromatic carbocycles. The molecule has 0 saturated carbocycles. The smallest absolute Gasteiger partial charge is 0.252 e. The topological polar surface area (TPSA) is 49.3 Å². The van der Waals surface area contributed by atoms with E-state index >= 15 is 0 Å². The molecule has 0 heterocycles. The van der Waals surface area contributed by atoms with E-state index in [0.29, 0.717) is 23.6 Å². The maximum Gasteiger partial charge on any atom is 0.252 e. The highest BCUT2D eigenvalue weighted by atomic mass is 79.9. The number of aliphatic hydroxyl groups is 1. The van der Waals surface area contributed by atoms with Crippen LogP contribution in [0.25, 0.3) is 10.8 Å². The lowest BCUT2D eigenvalue weighted by Crippen LogP contribution is -2.26. The van der Waals surface area contributed by atoms with Gasteiger partial charge in [0.1, 0.15) is 0 Å². The van der Waals surface area contributed by atoms with Gasteiger partial charge in [0.2, 0.25) is 0 Å². The van der Waals surface area contributed by atoms with Crippen molar-refractivity contribution in [3.8, 4) is 0 Å². The molecular weight excluding hydrogens is 402 g/mol. The predicted molar refractivity (Wildman–Crippen MR) is 105 cm³/mol. The van der Waals surface area contributed by atoms with E-state index in [1.807, 2.05) is 42.5 Å². The molecule has 25 heavy (non-hydrogen) atoms. The molecule has 3 nitrogen and oxygen atoms in total. The minimum atomic E-state index is -0.649. The van der Waals surface area contributed by atoms with Crippen molar-refractivity contribution in [2.75, 3.05) is 6.54 Å². The van der Waals surface area contributed by atoms with Crippen LogP contribution < -0.4 is 5.32 Å². The summed E-state index contributed by atoms with van der Waals surface area (Å²) in [5, 5.41) is 15.8. The molecular formula is C20H17BrClNO2. The first-order valence-electron chi connectivity index (χ1n) is 7.95. The molecule has 1 amide bonds. The van der Waals surface area contributed by atoms with Crippen molar-refractivity contribution in [1.29, 1.82) is 0 Å². The van der Waals surface area contributed by atoms with Gasteiger partial charge in [0.15, 0.2) is 0 Å². The van der Waals surface area contributed by atoms with Gasteiger partial charge in [-0.25, -0.2) is 0 Å². The van der Waals surface area contributed by atoms with Crippen LogP contribution in [-0.4, -0.2) is 17.6 Å². The van der Waals surface area contributed by atoms with E-state index in [1.165, 1.54) is 0 Å². The number of hydrogen-bond donors (Lipinski definition) is 2. The molecule has 0 bridgehead atoms. The number of carbonyl (C=O) groups is 1. The minimum Gasteiger partial charge on any atom is -0.388 e. The summed E-state index contributed by atoms with van der Waals surface area (Å²) in [7, 11) is 0. The average molecular weight is 419 g/mol. The summed E-state index contributed by atoms with van der Waals surface area (Å²) in [6.45, 7) is 0.353. The third-order valence-electron chi connectivity index (χ3n) is 4.06. The van der Waals surface area contributed by atoms with E-state index in [2.05, 4.69) is 21.2 Å². The lowest BCUT2D eigenvalue weighted by Gasteiger charge is -2.14. The van der Waals surface area contributed by atoms with E-state index in [-0.39, 0.29) is 5.91 Å². The first-order valence-corrected chi connectivity index (χ1v) is 9.12. The third kappa shape index (κ3) is 4.21. The number of fused-ring (bicyclic) bond motifs is 1. The largest absolute Gasteiger partial charge is 0.388 e. The second-order valence-electron chi connectivity index (χ2n) is 5.75. The lowest BCUT2D eigenvalue weighted by atomic mass is 9.99. The summed E-state index contributed by atoms with van der Waals surface area (Å²) in [4.78, 5) is 12.3. The molecule has 0 radical (unpaired) electrons. The fraction of sp³-hybridized carbons (Fsp3) is 0.150. The van der Waals surface area contributed by atoms with Crippen molar-refractivity contribution < 1.29 is 9.90 Å². The zero-order valence-corrected chi connectivity index (χ0v) is 15.7. The number of amides is 1. The Labute approximate surface area is 159 Å². The highest BCUT2D eigenvalue weighted by molar-refractivity contribution is 9.10. The van der Waals surface area contributed by atoms with Crippen molar-refractivity contribution in [2.45, 2.75) is 12.5 Å². The Bertz CT molecular complexity index is 908. The Morgan fingerprint density at radius 2 is 1.88 bits per heavy atom. The van der Waals surface area contributed by atoms with Crippen LogP contribution in [-0.2, 0) is 0 Å². The Kier molecular flexibility index (Phi) is 5.74. The second-order valence-corrected chi connectivity index (χ2v) is 7.08. The van der Waals surface area contributed by atoms with Crippen LogP contribution in [0.3, 0.4) is 0 Å². The zero-order valence-electron chi connectivity index (χ0n) is 13.4. The van der Waals surface area contributed by atoms with Gasteiger partial charge in [-0.1, -0.05) is 70.0 Å². The van der Waals surface area contributed by atoms with E-state index < -0.39 is 6.10 Å². The van der Waals surface area contributed by atoms with Gasteiger partial charge in [-0.3, -0.25) is 4.79 Å². The van der Waals surface area contributed by atoms with Crippen LogP contribution in [0.5, 0.6) is 0 Å². The molecule has 0 spiro atoms. The number of halogens is 2. The van der Waals surface area contributed by atoms with Gasteiger partial charge in [0.05, 0.1) is 16.7 Å². The van der Waals surface area contributed by atoms with E-state index in [4.69, 9.17) is 11.6 Å². The molecule has 3 rings (SSSR count). The fourth-order valence-corrected chi connectivity index (χ4v) is 3.35. The molecule has 1 atom stereocenters. The Balaban J connectivity index is 1.65. The first kappa shape index (κ1) is 17.9. The van der Waals surface area contributed by atoms with Crippen LogP contribution in [0.1, 0.15) is 28.4 Å². The predicted octanol–water partition coefficient (Wildman–Crippen LogP) is 5.11. The van der Waals surface area contributed by atoms with Crippen molar-refractivity contribution in [1.82, 2.24) is 5.32 Å². The van der Waals surface area contributed by atoms with Gasteiger partial charge in [-0.15, -0.1) is 0 Å². The highest BCUT2D eigenvalue weighted by Gasteiger charge is 2.14. The number of benzene rings is 3. The van der Waals surface area contributed by atoms with E-state index in [9.17, 15) is 9.90 Å². The average Bonchev–Trinajstić information content (AvgIpc) is 2.63. The summed E-state index contributed by atoms with van der Waals surface area (Å²) < 4.78 is 0.790. The van der Waals surface area contributed by atoms with Crippen molar-refractivity contribution >= 4 is 44.2 Å². The number of nitrogens with one attached hydrogen (secondary N) is 1. The van der Waals surface area contributed by atoms with E-state index in [1.54, 1.807) is 18.2 Å². The van der Waals surface area contributed by atoms with E-state index in [0.717, 1.165) is 20.8 Å². The van der Waals surface area contributed by atoms with Crippen LogP contribution in [0, 0.1) is 0 Å². The Morgan fingerprint density at radius 1 is 1.12 bits per heavy atom. The zero-order chi connectivity index (χ0) is 17.8. The number of hydrogen-bond acceptors (Lipinski definition) is 2. The third-order valence-corrected chi connectivity index (χ3v) is 4.88. The first-order chi connectivity index (χ1) is 12.1. The Hall–Kier alpha value is -1.88. The molecule has 0 aliphatic heterocycles. The molecule has 5 heteroatoms. The minimum absolute atomic E-state index is 0.253. The molecule has 3 aromatic rings. The fourth-order valence-electron chi connectivity index (χ4n) is 2.79. The molecule has 0 fully saturated rings. The van der Waals surface area contributed by atoms with Crippen LogP contribution >= 0.6 is 27.5 Å².